The second-order valence-corrected chi connectivity index (χ2v) is 6.09. The van der Waals surface area contributed by atoms with Crippen LogP contribution in [0.3, 0.4) is 0 Å². The van der Waals surface area contributed by atoms with Gasteiger partial charge in [-0.15, -0.1) is 0 Å². The molecule has 0 aromatic carbocycles. The first-order valence-corrected chi connectivity index (χ1v) is 7.25. The van der Waals surface area contributed by atoms with Crippen LogP contribution in [-0.2, 0) is 24.7 Å². The molecule has 0 aliphatic heterocycles. The molecule has 2 N–H and O–H groups in total. The summed E-state index contributed by atoms with van der Waals surface area (Å²) in [5, 5.41) is 4.40. The molecule has 100 valence electrons. The van der Waals surface area contributed by atoms with Crippen molar-refractivity contribution in [2.75, 3.05) is 0 Å². The number of ketones is 1. The van der Waals surface area contributed by atoms with E-state index in [1.165, 1.54) is 0 Å². The highest BCUT2D eigenvalue weighted by atomic mass is 79.9. The summed E-state index contributed by atoms with van der Waals surface area (Å²) in [4.78, 5) is 12.1. The van der Waals surface area contributed by atoms with Crippen LogP contribution in [0, 0.1) is 0 Å². The molecule has 18 heavy (non-hydrogen) atoms. The molecule has 1 saturated carbocycles. The maximum absolute atomic E-state index is 12.1. The molecule has 1 aromatic heterocycles. The minimum Gasteiger partial charge on any atom is -0.325 e. The summed E-state index contributed by atoms with van der Waals surface area (Å²) >= 11 is 3.53. The zero-order chi connectivity index (χ0) is 13.3. The molecule has 1 heterocycles. The second-order valence-electron chi connectivity index (χ2n) is 5.29. The molecule has 0 radical (unpaired) electrons. The van der Waals surface area contributed by atoms with Crippen molar-refractivity contribution in [1.29, 1.82) is 0 Å². The van der Waals surface area contributed by atoms with Crippen LogP contribution in [0.2, 0.25) is 0 Å². The van der Waals surface area contributed by atoms with Crippen molar-refractivity contribution in [2.45, 2.75) is 51.0 Å². The van der Waals surface area contributed by atoms with Gasteiger partial charge >= 0.3 is 0 Å². The standard InChI is InChI=1S/C13H20BrN3O/c1-3-10-12(14)11(17(2)16-10)7-9(18)8-13(15)5-4-6-13/h3-8,15H2,1-2H3. The molecule has 0 spiro atoms. The molecule has 1 fully saturated rings. The van der Waals surface area contributed by atoms with Crippen LogP contribution in [0.1, 0.15) is 44.0 Å². The lowest BCUT2D eigenvalue weighted by atomic mass is 9.74. The van der Waals surface area contributed by atoms with E-state index in [1.807, 2.05) is 7.05 Å². The van der Waals surface area contributed by atoms with Crippen LogP contribution in [0.4, 0.5) is 0 Å². The van der Waals surface area contributed by atoms with E-state index < -0.39 is 0 Å². The van der Waals surface area contributed by atoms with Gasteiger partial charge in [-0.05, 0) is 41.6 Å². The van der Waals surface area contributed by atoms with Gasteiger partial charge in [-0.2, -0.15) is 5.10 Å². The van der Waals surface area contributed by atoms with E-state index in [1.54, 1.807) is 4.68 Å². The smallest absolute Gasteiger partial charge is 0.140 e. The van der Waals surface area contributed by atoms with Crippen molar-refractivity contribution in [3.8, 4) is 0 Å². The molecule has 1 aliphatic carbocycles. The van der Waals surface area contributed by atoms with E-state index >= 15 is 0 Å². The summed E-state index contributed by atoms with van der Waals surface area (Å²) in [6, 6.07) is 0. The lowest BCUT2D eigenvalue weighted by Gasteiger charge is -2.37. The van der Waals surface area contributed by atoms with Gasteiger partial charge in [0.25, 0.3) is 0 Å². The van der Waals surface area contributed by atoms with Gasteiger partial charge in [0.1, 0.15) is 5.78 Å². The Morgan fingerprint density at radius 3 is 2.67 bits per heavy atom. The third-order valence-corrected chi connectivity index (χ3v) is 4.68. The summed E-state index contributed by atoms with van der Waals surface area (Å²) < 4.78 is 2.77. The first kappa shape index (κ1) is 13.7. The Morgan fingerprint density at radius 1 is 1.56 bits per heavy atom. The van der Waals surface area contributed by atoms with E-state index in [0.717, 1.165) is 41.5 Å². The van der Waals surface area contributed by atoms with Gasteiger partial charge < -0.3 is 5.73 Å². The second kappa shape index (κ2) is 5.13. The highest BCUT2D eigenvalue weighted by Crippen LogP contribution is 2.33. The number of hydrogen-bond donors (Lipinski definition) is 1. The van der Waals surface area contributed by atoms with Gasteiger partial charge in [0.05, 0.1) is 15.9 Å². The maximum Gasteiger partial charge on any atom is 0.140 e. The van der Waals surface area contributed by atoms with Gasteiger partial charge in [-0.25, -0.2) is 0 Å². The molecule has 0 unspecified atom stereocenters. The summed E-state index contributed by atoms with van der Waals surface area (Å²) in [6.45, 7) is 2.06. The minimum atomic E-state index is -0.226. The average Bonchev–Trinajstić information content (AvgIpc) is 2.54. The molecule has 4 nitrogen and oxygen atoms in total. The molecule has 0 saturated heterocycles. The number of rotatable bonds is 5. The lowest BCUT2D eigenvalue weighted by molar-refractivity contribution is -0.120. The number of aryl methyl sites for hydroxylation is 2. The fourth-order valence-electron chi connectivity index (χ4n) is 2.46. The van der Waals surface area contributed by atoms with Crippen molar-refractivity contribution < 1.29 is 4.79 Å². The number of nitrogens with two attached hydrogens (primary N) is 1. The molecule has 5 heteroatoms. The third kappa shape index (κ3) is 2.67. The lowest BCUT2D eigenvalue weighted by Crippen LogP contribution is -2.48. The first-order valence-electron chi connectivity index (χ1n) is 6.46. The quantitative estimate of drug-likeness (QED) is 0.905. The van der Waals surface area contributed by atoms with Crippen LogP contribution in [0.25, 0.3) is 0 Å². The fraction of sp³-hybridized carbons (Fsp3) is 0.692. The highest BCUT2D eigenvalue weighted by Gasteiger charge is 2.34. The maximum atomic E-state index is 12.1. The number of Topliss-reactive ketones (excluding diaryl/α,β-unsaturated/α-hetero) is 1. The van der Waals surface area contributed by atoms with E-state index in [0.29, 0.717) is 12.8 Å². The zero-order valence-electron chi connectivity index (χ0n) is 11.0. The Labute approximate surface area is 116 Å². The third-order valence-electron chi connectivity index (χ3n) is 3.77. The number of aromatic nitrogens is 2. The Hall–Kier alpha value is -0.680. The van der Waals surface area contributed by atoms with Gasteiger partial charge in [0, 0.05) is 25.4 Å². The van der Waals surface area contributed by atoms with Crippen LogP contribution >= 0.6 is 15.9 Å². The Kier molecular flexibility index (Phi) is 3.92. The van der Waals surface area contributed by atoms with E-state index in [2.05, 4.69) is 28.0 Å². The van der Waals surface area contributed by atoms with E-state index in [4.69, 9.17) is 5.73 Å². The predicted molar refractivity (Wildman–Crippen MR) is 74.4 cm³/mol. The first-order chi connectivity index (χ1) is 8.45. The number of carbonyl (C=O) groups excluding carboxylic acids is 1. The number of hydrogen-bond acceptors (Lipinski definition) is 3. The zero-order valence-corrected chi connectivity index (χ0v) is 12.6. The van der Waals surface area contributed by atoms with Gasteiger partial charge in [-0.3, -0.25) is 9.48 Å². The van der Waals surface area contributed by atoms with Crippen molar-refractivity contribution in [3.63, 3.8) is 0 Å². The Bertz CT molecular complexity index is 463. The number of halogens is 1. The van der Waals surface area contributed by atoms with Crippen molar-refractivity contribution >= 4 is 21.7 Å². The van der Waals surface area contributed by atoms with Crippen LogP contribution < -0.4 is 5.73 Å². The summed E-state index contributed by atoms with van der Waals surface area (Å²) in [5.74, 6) is 0.212. The molecular weight excluding hydrogens is 294 g/mol. The topological polar surface area (TPSA) is 60.9 Å². The largest absolute Gasteiger partial charge is 0.325 e. The predicted octanol–water partition coefficient (Wildman–Crippen LogP) is 2.13. The van der Waals surface area contributed by atoms with E-state index in [-0.39, 0.29) is 11.3 Å². The summed E-state index contributed by atoms with van der Waals surface area (Å²) in [5.41, 5.74) is 7.85. The molecule has 0 atom stereocenters. The van der Waals surface area contributed by atoms with Gasteiger partial charge in [0.15, 0.2) is 0 Å². The molecular formula is C13H20BrN3O. The molecule has 2 rings (SSSR count). The van der Waals surface area contributed by atoms with Crippen molar-refractivity contribution in [1.82, 2.24) is 9.78 Å². The van der Waals surface area contributed by atoms with Crippen molar-refractivity contribution in [3.05, 3.63) is 15.9 Å². The minimum absolute atomic E-state index is 0.212. The normalized spacial score (nSPS) is 17.6. The molecule has 1 aromatic rings. The molecule has 1 aliphatic rings. The number of nitrogens with zero attached hydrogens (tertiary/aromatic N) is 2. The highest BCUT2D eigenvalue weighted by molar-refractivity contribution is 9.10. The van der Waals surface area contributed by atoms with Crippen LogP contribution in [0.5, 0.6) is 0 Å². The van der Waals surface area contributed by atoms with Crippen molar-refractivity contribution in [2.24, 2.45) is 12.8 Å². The fourth-order valence-corrected chi connectivity index (χ4v) is 3.22. The Balaban J connectivity index is 2.04. The van der Waals surface area contributed by atoms with E-state index in [9.17, 15) is 4.79 Å². The van der Waals surface area contributed by atoms with Crippen LogP contribution in [-0.4, -0.2) is 21.1 Å². The molecule has 0 amide bonds. The summed E-state index contributed by atoms with van der Waals surface area (Å²) in [7, 11) is 1.88. The molecule has 0 bridgehead atoms. The van der Waals surface area contributed by atoms with Gasteiger partial charge in [-0.1, -0.05) is 6.92 Å². The van der Waals surface area contributed by atoms with Gasteiger partial charge in [0.2, 0.25) is 0 Å². The average molecular weight is 314 g/mol. The van der Waals surface area contributed by atoms with Crippen LogP contribution in [0.15, 0.2) is 4.47 Å². The summed E-state index contributed by atoms with van der Waals surface area (Å²) in [6.07, 6.45) is 4.88. The number of carbonyl (C=O) groups is 1. The monoisotopic (exact) mass is 313 g/mol. The SMILES string of the molecule is CCc1nn(C)c(CC(=O)CC2(N)CCC2)c1Br. The Morgan fingerprint density at radius 2 is 2.22 bits per heavy atom.